The molecule has 24 heteroatoms. The molecule has 0 amide bonds. The number of halogens is 9. The fraction of sp³-hybridized carbons (Fsp3) is 0.169. The van der Waals surface area contributed by atoms with Crippen LogP contribution in [-0.2, 0) is 10.0 Å². The molecule has 514 valence electrons. The number of hydrogen-bond donors (Lipinski definition) is 5. The van der Waals surface area contributed by atoms with Crippen molar-refractivity contribution in [3.05, 3.63) is 245 Å². The molecule has 12 rings (SSSR count). The van der Waals surface area contributed by atoms with Gasteiger partial charge < -0.3 is 34.3 Å². The summed E-state index contributed by atoms with van der Waals surface area (Å²) < 4.78 is 154. The minimum absolute atomic E-state index is 0.00820. The Labute approximate surface area is 574 Å². The van der Waals surface area contributed by atoms with Crippen LogP contribution >= 0.6 is 0 Å². The van der Waals surface area contributed by atoms with Crippen LogP contribution < -0.4 is 18.9 Å². The average Bonchev–Trinajstić information content (AvgIpc) is 1.73. The van der Waals surface area contributed by atoms with Gasteiger partial charge in [-0.05, 0) is 201 Å². The maximum atomic E-state index is 12.6. The summed E-state index contributed by atoms with van der Waals surface area (Å²) in [5, 5.41) is 10.1. The Bertz CT molecular complexity index is 5290. The maximum absolute atomic E-state index is 12.6. The number of alkyl halides is 9. The molecular formula is C77H60F9N7O7S. The molecule has 9 aromatic carbocycles. The number of H-pyrrole nitrogens is 3. The van der Waals surface area contributed by atoms with Crippen molar-refractivity contribution in [2.45, 2.75) is 77.6 Å². The van der Waals surface area contributed by atoms with Gasteiger partial charge in [0.2, 0.25) is 10.0 Å². The Balaban J connectivity index is 0.000000163. The largest absolute Gasteiger partial charge is 0.481 e. The number of rotatable bonds is 13. The first-order valence-corrected chi connectivity index (χ1v) is 32.8. The van der Waals surface area contributed by atoms with Crippen LogP contribution in [0.3, 0.4) is 0 Å². The molecule has 0 aliphatic carbocycles. The first kappa shape index (κ1) is 72.0. The van der Waals surface area contributed by atoms with E-state index in [4.69, 9.17) is 14.2 Å². The minimum Gasteiger partial charge on any atom is -0.481 e. The number of ketones is 1. The van der Waals surface area contributed by atoms with Crippen molar-refractivity contribution in [1.29, 1.82) is 0 Å². The number of carbonyl (C=O) groups excluding carboxylic acids is 1. The number of ether oxygens (including phenoxy) is 3. The third kappa shape index (κ3) is 19.3. The third-order valence-electron chi connectivity index (χ3n) is 15.2. The molecule has 0 bridgehead atoms. The van der Waals surface area contributed by atoms with Crippen molar-refractivity contribution in [3.8, 4) is 86.2 Å². The van der Waals surface area contributed by atoms with Crippen LogP contribution in [0, 0.1) is 35.5 Å². The zero-order valence-electron chi connectivity index (χ0n) is 54.4. The third-order valence-corrected chi connectivity index (χ3v) is 15.8. The second kappa shape index (κ2) is 30.5. The van der Waals surface area contributed by atoms with E-state index < -0.39 is 53.0 Å². The van der Waals surface area contributed by atoms with E-state index in [-0.39, 0.29) is 23.0 Å². The lowest BCUT2D eigenvalue weighted by atomic mass is 9.96. The molecule has 3 aromatic heterocycles. The summed E-state index contributed by atoms with van der Waals surface area (Å²) in [6.45, 7) is 6.14. The van der Waals surface area contributed by atoms with E-state index in [9.17, 15) is 57.8 Å². The number of Topliss-reactive ketones (excluding diaryl/α,β-unsaturated/α-hetero) is 1. The Morgan fingerprint density at radius 3 is 1.13 bits per heavy atom. The zero-order valence-corrected chi connectivity index (χ0v) is 55.2. The molecule has 14 nitrogen and oxygen atoms in total. The first-order chi connectivity index (χ1) is 47.9. The van der Waals surface area contributed by atoms with Crippen molar-refractivity contribution < 1.29 is 72.0 Å². The Morgan fingerprint density at radius 1 is 0.446 bits per heavy atom. The molecule has 0 saturated carbocycles. The monoisotopic (exact) mass is 1400 g/mol. The van der Waals surface area contributed by atoms with Gasteiger partial charge in [-0.1, -0.05) is 103 Å². The number of carbonyl (C=O) groups is 1. The number of hydrogen-bond acceptors (Lipinski definition) is 10. The van der Waals surface area contributed by atoms with Gasteiger partial charge in [-0.25, -0.2) is 23.4 Å². The number of anilines is 1. The number of nitrogens with one attached hydrogen (secondary N) is 4. The topological polar surface area (TPSA) is 197 Å². The lowest BCUT2D eigenvalue weighted by Gasteiger charge is -2.17. The summed E-state index contributed by atoms with van der Waals surface area (Å²) >= 11 is 0. The lowest BCUT2D eigenvalue weighted by molar-refractivity contribution is -0.189. The van der Waals surface area contributed by atoms with E-state index in [1.807, 2.05) is 103 Å². The maximum Gasteiger partial charge on any atom is 0.425 e. The van der Waals surface area contributed by atoms with Crippen molar-refractivity contribution in [2.75, 3.05) is 11.0 Å². The minimum atomic E-state index is -4.44. The molecule has 4 atom stereocenters. The number of aromatic nitrogens is 6. The fourth-order valence-corrected chi connectivity index (χ4v) is 10.5. The molecule has 0 spiro atoms. The smallest absolute Gasteiger partial charge is 0.425 e. The van der Waals surface area contributed by atoms with Crippen LogP contribution in [0.2, 0.25) is 0 Å². The van der Waals surface area contributed by atoms with Gasteiger partial charge in [-0.3, -0.25) is 9.52 Å². The van der Waals surface area contributed by atoms with Crippen LogP contribution in [0.15, 0.2) is 200 Å². The highest BCUT2D eigenvalue weighted by Gasteiger charge is 2.39. The second-order valence-electron chi connectivity index (χ2n) is 23.0. The summed E-state index contributed by atoms with van der Waals surface area (Å²) in [5.74, 6) is 19.2. The van der Waals surface area contributed by atoms with Gasteiger partial charge in [-0.2, -0.15) is 39.5 Å². The number of aliphatic hydroxyl groups is 1. The fourth-order valence-electron chi connectivity index (χ4n) is 9.96. The van der Waals surface area contributed by atoms with Gasteiger partial charge in [0.05, 0.1) is 51.1 Å². The van der Waals surface area contributed by atoms with Gasteiger partial charge in [0.25, 0.3) is 0 Å². The molecule has 3 heterocycles. The standard InChI is InChI=1S/C26H21F3N2O2.C26H19F3N2O2.C25H20F3N3O3S/c2*1-16(32)21-5-3-4-6-22(21)19-10-13-23-24(15-19)31-25(30-23)14-9-18-7-11-20(12-8-18)33-17(2)26(27,28)29;1-16(25(26,27)28)34-19-11-7-17(8-12-19)9-14-24-29-22-13-10-18(15-23(22)30-24)20-5-3-4-6-21(20)31-35(2,32)33/h3-8,10-13,15-17,32H,1-2H3,(H,30,31);3-8,10-13,15,17H,1-2H3,(H,30,31);3-8,10-13,15-16,31H,1-2H3,(H,29,30). The van der Waals surface area contributed by atoms with E-state index in [0.717, 1.165) is 82.5 Å². The molecule has 12 aromatic rings. The van der Waals surface area contributed by atoms with Crippen molar-refractivity contribution in [3.63, 3.8) is 0 Å². The van der Waals surface area contributed by atoms with Crippen LogP contribution in [0.5, 0.6) is 17.2 Å². The Morgan fingerprint density at radius 2 is 0.772 bits per heavy atom. The van der Waals surface area contributed by atoms with E-state index in [0.29, 0.717) is 62.0 Å². The Kier molecular flexibility index (Phi) is 21.8. The molecule has 0 aliphatic rings. The van der Waals surface area contributed by atoms with Crippen LogP contribution in [0.4, 0.5) is 45.2 Å². The molecule has 5 N–H and O–H groups in total. The summed E-state index contributed by atoms with van der Waals surface area (Å²) in [6, 6.07) is 57.3. The molecule has 0 radical (unpaired) electrons. The van der Waals surface area contributed by atoms with Crippen molar-refractivity contribution in [2.24, 2.45) is 0 Å². The summed E-state index contributed by atoms with van der Waals surface area (Å²) in [6.07, 6.45) is -18.5. The van der Waals surface area contributed by atoms with Crippen LogP contribution in [0.25, 0.3) is 66.5 Å². The molecule has 4 unspecified atom stereocenters. The number of nitrogens with zero attached hydrogens (tertiary/aromatic N) is 3. The first-order valence-electron chi connectivity index (χ1n) is 30.9. The molecule has 0 fully saturated rings. The molecular weight excluding hydrogens is 1340 g/mol. The highest BCUT2D eigenvalue weighted by Crippen LogP contribution is 2.34. The number of fused-ring (bicyclic) bond motifs is 3. The normalized spacial score (nSPS) is 12.7. The van der Waals surface area contributed by atoms with E-state index in [1.165, 1.54) is 43.3 Å². The number of aromatic amines is 3. The predicted molar refractivity (Wildman–Crippen MR) is 369 cm³/mol. The lowest BCUT2D eigenvalue weighted by Crippen LogP contribution is -2.31. The number of aliphatic hydroxyl groups excluding tert-OH is 1. The number of benzene rings is 9. The van der Waals surface area contributed by atoms with E-state index >= 15 is 0 Å². The van der Waals surface area contributed by atoms with E-state index in [2.05, 4.69) is 70.1 Å². The van der Waals surface area contributed by atoms with Crippen LogP contribution in [0.1, 0.15) is 90.8 Å². The average molecular weight is 1400 g/mol. The van der Waals surface area contributed by atoms with Gasteiger partial charge in [0.1, 0.15) is 17.2 Å². The zero-order chi connectivity index (χ0) is 72.4. The predicted octanol–water partition coefficient (Wildman–Crippen LogP) is 17.5. The Hall–Kier alpha value is -11.8. The summed E-state index contributed by atoms with van der Waals surface area (Å²) in [7, 11) is -3.44. The molecule has 101 heavy (non-hydrogen) atoms. The highest BCUT2D eigenvalue weighted by molar-refractivity contribution is 7.92. The van der Waals surface area contributed by atoms with Gasteiger partial charge in [0, 0.05) is 27.8 Å². The van der Waals surface area contributed by atoms with Crippen molar-refractivity contribution in [1.82, 2.24) is 29.9 Å². The number of sulfonamides is 1. The van der Waals surface area contributed by atoms with Gasteiger partial charge in [-0.15, -0.1) is 0 Å². The SMILES string of the molecule is CC(=O)c1ccccc1-c1ccc2nc(C#Cc3ccc(OC(C)C(F)(F)F)cc3)[nH]c2c1.CC(O)c1ccccc1-c1ccc2nc(C#Cc3ccc(OC(C)C(F)(F)F)cc3)[nH]c2c1.CC(Oc1ccc(C#Cc2nc3ccc(-c4ccccc4NS(C)(=O)=O)cc3[nH]2)cc1)C(F)(F)F. The van der Waals surface area contributed by atoms with E-state index in [1.54, 1.807) is 67.6 Å². The summed E-state index contributed by atoms with van der Waals surface area (Å²) in [4.78, 5) is 34.8. The highest BCUT2D eigenvalue weighted by atomic mass is 32.2. The number of imidazole rings is 3. The quantitative estimate of drug-likeness (QED) is 0.0421. The molecule has 0 aliphatic heterocycles. The van der Waals surface area contributed by atoms with Gasteiger partial charge in [0.15, 0.2) is 41.6 Å². The van der Waals surface area contributed by atoms with Gasteiger partial charge >= 0.3 is 18.5 Å². The van der Waals surface area contributed by atoms with Crippen LogP contribution in [-0.4, -0.2) is 92.3 Å². The van der Waals surface area contributed by atoms with Crippen molar-refractivity contribution >= 4 is 54.6 Å². The summed E-state index contributed by atoms with van der Waals surface area (Å²) in [5.41, 5.74) is 13.3. The second-order valence-corrected chi connectivity index (χ2v) is 24.7. The molecule has 0 saturated heterocycles. The number of para-hydroxylation sites is 1.